The molecule has 4 rings (SSSR count). The van der Waals surface area contributed by atoms with Gasteiger partial charge in [0.2, 0.25) is 0 Å². The van der Waals surface area contributed by atoms with E-state index in [-0.39, 0.29) is 23.6 Å². The van der Waals surface area contributed by atoms with Crippen LogP contribution >= 0.6 is 0 Å². The molecule has 4 fully saturated rings. The fourth-order valence-electron chi connectivity index (χ4n) is 7.06. The van der Waals surface area contributed by atoms with Crippen molar-refractivity contribution in [1.82, 2.24) is 0 Å². The van der Waals surface area contributed by atoms with Gasteiger partial charge in [-0.1, -0.05) is 13.5 Å². The first-order valence-electron chi connectivity index (χ1n) is 10.4. The molecule has 4 heteroatoms. The summed E-state index contributed by atoms with van der Waals surface area (Å²) in [4.78, 5) is 23.4. The van der Waals surface area contributed by atoms with E-state index in [4.69, 9.17) is 9.47 Å². The standard InChI is InChI=1S/C22H32O4/c1-4-19(23)25-15-9-11-21(2)14(13-15)5-6-16-17(21)10-12-22(3)18(16)7-8-20(24)26-22/h4,14-18H,1,5-13H2,2-3H3/t14-,15+,16+,17-,18-,21-,22-/m0/s1. The molecule has 7 atom stereocenters. The highest BCUT2D eigenvalue weighted by atomic mass is 16.6. The van der Waals surface area contributed by atoms with Crippen molar-refractivity contribution in [3.8, 4) is 0 Å². The van der Waals surface area contributed by atoms with E-state index in [2.05, 4.69) is 20.4 Å². The average Bonchev–Trinajstić information content (AvgIpc) is 2.60. The number of carbonyl (C=O) groups excluding carboxylic acids is 2. The Kier molecular flexibility index (Phi) is 4.44. The van der Waals surface area contributed by atoms with Crippen LogP contribution in [0.2, 0.25) is 0 Å². The summed E-state index contributed by atoms with van der Waals surface area (Å²) in [6.07, 6.45) is 10.6. The molecule has 0 aromatic carbocycles. The second-order valence-corrected chi connectivity index (χ2v) is 9.56. The van der Waals surface area contributed by atoms with Crippen molar-refractivity contribution in [1.29, 1.82) is 0 Å². The average molecular weight is 360 g/mol. The molecule has 0 spiro atoms. The third-order valence-electron chi connectivity index (χ3n) is 8.41. The molecule has 0 N–H and O–H groups in total. The molecule has 0 bridgehead atoms. The molecule has 0 aromatic heterocycles. The highest BCUT2D eigenvalue weighted by molar-refractivity contribution is 5.81. The summed E-state index contributed by atoms with van der Waals surface area (Å²) in [5.41, 5.74) is 0.0964. The molecule has 1 heterocycles. The van der Waals surface area contributed by atoms with Crippen molar-refractivity contribution in [2.75, 3.05) is 0 Å². The van der Waals surface area contributed by atoms with Gasteiger partial charge in [0.1, 0.15) is 11.7 Å². The van der Waals surface area contributed by atoms with Crippen LogP contribution in [0.1, 0.15) is 71.6 Å². The van der Waals surface area contributed by atoms with Gasteiger partial charge < -0.3 is 9.47 Å². The summed E-state index contributed by atoms with van der Waals surface area (Å²) < 4.78 is 11.4. The van der Waals surface area contributed by atoms with Crippen molar-refractivity contribution in [2.24, 2.45) is 29.1 Å². The molecule has 0 unspecified atom stereocenters. The van der Waals surface area contributed by atoms with Crippen LogP contribution in [0.5, 0.6) is 0 Å². The van der Waals surface area contributed by atoms with Crippen LogP contribution in [0, 0.1) is 29.1 Å². The lowest BCUT2D eigenvalue weighted by Gasteiger charge is -2.61. The molecule has 4 aliphatic rings. The highest BCUT2D eigenvalue weighted by Crippen LogP contribution is 2.63. The van der Waals surface area contributed by atoms with E-state index in [0.29, 0.717) is 35.5 Å². The Morgan fingerprint density at radius 1 is 1.15 bits per heavy atom. The van der Waals surface area contributed by atoms with Crippen molar-refractivity contribution in [3.63, 3.8) is 0 Å². The first kappa shape index (κ1) is 18.1. The third kappa shape index (κ3) is 2.80. The molecule has 0 radical (unpaired) electrons. The van der Waals surface area contributed by atoms with Gasteiger partial charge in [0, 0.05) is 18.4 Å². The highest BCUT2D eigenvalue weighted by Gasteiger charge is 2.59. The largest absolute Gasteiger partial charge is 0.459 e. The fraction of sp³-hybridized carbons (Fsp3) is 0.818. The zero-order valence-electron chi connectivity index (χ0n) is 16.2. The van der Waals surface area contributed by atoms with Crippen molar-refractivity contribution >= 4 is 11.9 Å². The maximum absolute atomic E-state index is 11.9. The lowest BCUT2D eigenvalue weighted by Crippen LogP contribution is -2.58. The van der Waals surface area contributed by atoms with Crippen LogP contribution in [0.15, 0.2) is 12.7 Å². The zero-order chi connectivity index (χ0) is 18.5. The molecule has 144 valence electrons. The zero-order valence-corrected chi connectivity index (χ0v) is 16.2. The van der Waals surface area contributed by atoms with Gasteiger partial charge in [0.15, 0.2) is 0 Å². The molecule has 3 saturated carbocycles. The van der Waals surface area contributed by atoms with Crippen molar-refractivity contribution in [2.45, 2.75) is 83.3 Å². The van der Waals surface area contributed by atoms with Crippen molar-refractivity contribution < 1.29 is 19.1 Å². The van der Waals surface area contributed by atoms with E-state index >= 15 is 0 Å². The van der Waals surface area contributed by atoms with Crippen LogP contribution in [-0.4, -0.2) is 23.6 Å². The minimum Gasteiger partial charge on any atom is -0.459 e. The van der Waals surface area contributed by atoms with Gasteiger partial charge in [0.05, 0.1) is 0 Å². The van der Waals surface area contributed by atoms with E-state index < -0.39 is 0 Å². The molecular weight excluding hydrogens is 328 g/mol. The normalized spacial score (nSPS) is 47.6. The monoisotopic (exact) mass is 360 g/mol. The van der Waals surface area contributed by atoms with Gasteiger partial charge in [-0.05, 0) is 81.5 Å². The first-order chi connectivity index (χ1) is 12.4. The van der Waals surface area contributed by atoms with Crippen LogP contribution in [0.3, 0.4) is 0 Å². The predicted octanol–water partition coefficient (Wildman–Crippen LogP) is 4.42. The molecule has 0 amide bonds. The van der Waals surface area contributed by atoms with E-state index in [1.165, 1.54) is 18.9 Å². The van der Waals surface area contributed by atoms with Crippen molar-refractivity contribution in [3.05, 3.63) is 12.7 Å². The second kappa shape index (κ2) is 6.38. The van der Waals surface area contributed by atoms with Gasteiger partial charge in [-0.3, -0.25) is 4.79 Å². The molecule has 1 saturated heterocycles. The summed E-state index contributed by atoms with van der Waals surface area (Å²) in [6.45, 7) is 8.17. The molecule has 26 heavy (non-hydrogen) atoms. The van der Waals surface area contributed by atoms with E-state index in [1.807, 2.05) is 0 Å². The summed E-state index contributed by atoms with van der Waals surface area (Å²) in [6, 6.07) is 0. The summed E-state index contributed by atoms with van der Waals surface area (Å²) in [7, 11) is 0. The molecular formula is C22H32O4. The van der Waals surface area contributed by atoms with E-state index in [0.717, 1.165) is 38.5 Å². The van der Waals surface area contributed by atoms with E-state index in [9.17, 15) is 9.59 Å². The van der Waals surface area contributed by atoms with Gasteiger partial charge in [-0.2, -0.15) is 0 Å². The SMILES string of the molecule is C=CC(=O)O[C@@H]1CC[C@@]2(C)[C@@H](CC[C@@H]3[C@@H]2CC[C@]2(C)OC(=O)CC[C@@H]32)C1. The Labute approximate surface area is 156 Å². The van der Waals surface area contributed by atoms with Crippen LogP contribution < -0.4 is 0 Å². The quantitative estimate of drug-likeness (QED) is 0.540. The van der Waals surface area contributed by atoms with E-state index in [1.54, 1.807) is 0 Å². The Morgan fingerprint density at radius 2 is 1.96 bits per heavy atom. The minimum absolute atomic E-state index is 0.00774. The van der Waals surface area contributed by atoms with Gasteiger partial charge in [0.25, 0.3) is 0 Å². The minimum atomic E-state index is -0.287. The summed E-state index contributed by atoms with van der Waals surface area (Å²) in [5, 5.41) is 0. The summed E-state index contributed by atoms with van der Waals surface area (Å²) in [5.74, 6) is 2.25. The first-order valence-corrected chi connectivity index (χ1v) is 10.4. The maximum Gasteiger partial charge on any atom is 0.330 e. The maximum atomic E-state index is 11.9. The fourth-order valence-corrected chi connectivity index (χ4v) is 7.06. The van der Waals surface area contributed by atoms with Crippen LogP contribution in [0.4, 0.5) is 0 Å². The lowest BCUT2D eigenvalue weighted by molar-refractivity contribution is -0.205. The Hall–Kier alpha value is -1.32. The van der Waals surface area contributed by atoms with Gasteiger partial charge in [-0.15, -0.1) is 0 Å². The molecule has 0 aromatic rings. The molecule has 4 nitrogen and oxygen atoms in total. The lowest BCUT2D eigenvalue weighted by atomic mass is 9.46. The number of carbonyl (C=O) groups is 2. The Balaban J connectivity index is 1.51. The number of ether oxygens (including phenoxy) is 2. The smallest absolute Gasteiger partial charge is 0.330 e. The predicted molar refractivity (Wildman–Crippen MR) is 98.2 cm³/mol. The van der Waals surface area contributed by atoms with Crippen LogP contribution in [0.25, 0.3) is 0 Å². The van der Waals surface area contributed by atoms with Gasteiger partial charge in [-0.25, -0.2) is 4.79 Å². The Morgan fingerprint density at radius 3 is 2.73 bits per heavy atom. The molecule has 1 aliphatic heterocycles. The number of hydrogen-bond donors (Lipinski definition) is 0. The number of esters is 2. The second-order valence-electron chi connectivity index (χ2n) is 9.56. The molecule has 3 aliphatic carbocycles. The number of fused-ring (bicyclic) bond motifs is 5. The Bertz CT molecular complexity index is 613. The van der Waals surface area contributed by atoms with Gasteiger partial charge >= 0.3 is 11.9 Å². The summed E-state index contributed by atoms with van der Waals surface area (Å²) >= 11 is 0. The number of rotatable bonds is 2. The third-order valence-corrected chi connectivity index (χ3v) is 8.41. The number of hydrogen-bond acceptors (Lipinski definition) is 4. The van der Waals surface area contributed by atoms with Crippen LogP contribution in [-0.2, 0) is 19.1 Å². The topological polar surface area (TPSA) is 52.6 Å².